The molecular weight excluding hydrogens is 240 g/mol. The smallest absolute Gasteiger partial charge is 0.142 e. The molecule has 0 spiro atoms. The van der Waals surface area contributed by atoms with Crippen molar-refractivity contribution in [2.24, 2.45) is 0 Å². The summed E-state index contributed by atoms with van der Waals surface area (Å²) in [5, 5.41) is 8.94. The second kappa shape index (κ2) is 6.78. The summed E-state index contributed by atoms with van der Waals surface area (Å²) in [5.74, 6) is 0.901. The highest BCUT2D eigenvalue weighted by Gasteiger charge is 2.17. The van der Waals surface area contributed by atoms with Crippen molar-refractivity contribution in [3.05, 3.63) is 23.8 Å². The Morgan fingerprint density at radius 1 is 1.21 bits per heavy atom. The van der Waals surface area contributed by atoms with Gasteiger partial charge in [-0.15, -0.1) is 0 Å². The van der Waals surface area contributed by atoms with Gasteiger partial charge in [-0.25, -0.2) is 0 Å². The number of benzene rings is 1. The Hall–Kier alpha value is -1.26. The van der Waals surface area contributed by atoms with E-state index < -0.39 is 0 Å². The van der Waals surface area contributed by atoms with Crippen molar-refractivity contribution in [2.75, 3.05) is 51.3 Å². The van der Waals surface area contributed by atoms with Crippen molar-refractivity contribution in [3.8, 4) is 5.75 Å². The zero-order valence-electron chi connectivity index (χ0n) is 11.9. The SMILES string of the molecule is CCc1ccc(N2CCN(C)CC2)c(OCCO)c1. The third-order valence-electron chi connectivity index (χ3n) is 3.63. The van der Waals surface area contributed by atoms with Crippen LogP contribution in [-0.2, 0) is 6.42 Å². The van der Waals surface area contributed by atoms with Crippen molar-refractivity contribution in [1.29, 1.82) is 0 Å². The van der Waals surface area contributed by atoms with Gasteiger partial charge in [0.2, 0.25) is 0 Å². The summed E-state index contributed by atoms with van der Waals surface area (Å²) in [6.07, 6.45) is 0.999. The number of aryl methyl sites for hydroxylation is 1. The molecule has 0 atom stereocenters. The minimum atomic E-state index is 0.0541. The lowest BCUT2D eigenvalue weighted by atomic mass is 10.1. The van der Waals surface area contributed by atoms with Crippen molar-refractivity contribution in [3.63, 3.8) is 0 Å². The van der Waals surface area contributed by atoms with Gasteiger partial charge in [0.1, 0.15) is 12.4 Å². The predicted molar refractivity (Wildman–Crippen MR) is 78.1 cm³/mol. The summed E-state index contributed by atoms with van der Waals surface area (Å²) in [7, 11) is 2.15. The van der Waals surface area contributed by atoms with E-state index in [4.69, 9.17) is 9.84 Å². The summed E-state index contributed by atoms with van der Waals surface area (Å²) in [6, 6.07) is 6.42. The minimum absolute atomic E-state index is 0.0541. The third-order valence-corrected chi connectivity index (χ3v) is 3.63. The van der Waals surface area contributed by atoms with Gasteiger partial charge in [0, 0.05) is 26.2 Å². The summed E-state index contributed by atoms with van der Waals surface area (Å²) in [6.45, 7) is 6.76. The highest BCUT2D eigenvalue weighted by molar-refractivity contribution is 5.60. The second-order valence-corrected chi connectivity index (χ2v) is 5.02. The van der Waals surface area contributed by atoms with Gasteiger partial charge in [-0.05, 0) is 31.2 Å². The van der Waals surface area contributed by atoms with Crippen LogP contribution in [0.1, 0.15) is 12.5 Å². The van der Waals surface area contributed by atoms with Gasteiger partial charge in [0.25, 0.3) is 0 Å². The Morgan fingerprint density at radius 3 is 2.58 bits per heavy atom. The van der Waals surface area contributed by atoms with E-state index in [0.29, 0.717) is 6.61 Å². The summed E-state index contributed by atoms with van der Waals surface area (Å²) >= 11 is 0. The molecule has 0 aromatic heterocycles. The summed E-state index contributed by atoms with van der Waals surface area (Å²) in [5.41, 5.74) is 2.42. The molecule has 106 valence electrons. The predicted octanol–water partition coefficient (Wildman–Crippen LogP) is 1.37. The Labute approximate surface area is 115 Å². The molecule has 0 saturated carbocycles. The number of aliphatic hydroxyl groups is 1. The van der Waals surface area contributed by atoms with Crippen LogP contribution >= 0.6 is 0 Å². The van der Waals surface area contributed by atoms with E-state index in [1.165, 1.54) is 5.56 Å². The molecule has 0 amide bonds. The Bertz CT molecular complexity index is 401. The quantitative estimate of drug-likeness (QED) is 0.871. The Balaban J connectivity index is 2.17. The van der Waals surface area contributed by atoms with Gasteiger partial charge in [-0.1, -0.05) is 13.0 Å². The fourth-order valence-electron chi connectivity index (χ4n) is 2.36. The van der Waals surface area contributed by atoms with E-state index in [1.54, 1.807) is 0 Å². The van der Waals surface area contributed by atoms with Gasteiger partial charge in [0.15, 0.2) is 0 Å². The first-order valence-corrected chi connectivity index (χ1v) is 7.04. The molecule has 1 aliphatic heterocycles. The van der Waals surface area contributed by atoms with E-state index in [9.17, 15) is 0 Å². The number of rotatable bonds is 5. The molecule has 19 heavy (non-hydrogen) atoms. The van der Waals surface area contributed by atoms with Crippen molar-refractivity contribution < 1.29 is 9.84 Å². The first-order valence-electron chi connectivity index (χ1n) is 7.04. The van der Waals surface area contributed by atoms with Crippen LogP contribution in [0.15, 0.2) is 18.2 Å². The molecular formula is C15H24N2O2. The lowest BCUT2D eigenvalue weighted by Gasteiger charge is -2.35. The van der Waals surface area contributed by atoms with Crippen LogP contribution in [0, 0.1) is 0 Å². The van der Waals surface area contributed by atoms with E-state index in [1.807, 2.05) is 0 Å². The molecule has 1 aromatic carbocycles. The van der Waals surface area contributed by atoms with Crippen molar-refractivity contribution in [2.45, 2.75) is 13.3 Å². The first kappa shape index (κ1) is 14.2. The van der Waals surface area contributed by atoms with E-state index in [-0.39, 0.29) is 6.61 Å². The minimum Gasteiger partial charge on any atom is -0.489 e. The Morgan fingerprint density at radius 2 is 1.95 bits per heavy atom. The van der Waals surface area contributed by atoms with Gasteiger partial charge < -0.3 is 19.6 Å². The molecule has 4 heteroatoms. The number of nitrogens with zero attached hydrogens (tertiary/aromatic N) is 2. The molecule has 1 saturated heterocycles. The molecule has 4 nitrogen and oxygen atoms in total. The zero-order valence-corrected chi connectivity index (χ0v) is 11.9. The third kappa shape index (κ3) is 3.61. The zero-order chi connectivity index (χ0) is 13.7. The average Bonchev–Trinajstić information content (AvgIpc) is 2.46. The molecule has 1 aromatic rings. The number of piperazine rings is 1. The largest absolute Gasteiger partial charge is 0.489 e. The fraction of sp³-hybridized carbons (Fsp3) is 0.600. The molecule has 2 rings (SSSR count). The van der Waals surface area contributed by atoms with Gasteiger partial charge in [-0.3, -0.25) is 0 Å². The molecule has 0 radical (unpaired) electrons. The standard InChI is InChI=1S/C15H24N2O2/c1-3-13-4-5-14(15(12-13)19-11-10-18)17-8-6-16(2)7-9-17/h4-5,12,18H,3,6-11H2,1-2H3. The molecule has 0 unspecified atom stereocenters. The van der Waals surface area contributed by atoms with Crippen LogP contribution in [0.2, 0.25) is 0 Å². The summed E-state index contributed by atoms with van der Waals surface area (Å²) in [4.78, 5) is 4.71. The number of hydrogen-bond acceptors (Lipinski definition) is 4. The van der Waals surface area contributed by atoms with Crippen LogP contribution in [0.4, 0.5) is 5.69 Å². The van der Waals surface area contributed by atoms with Gasteiger partial charge in [0.05, 0.1) is 12.3 Å². The molecule has 1 N–H and O–H groups in total. The second-order valence-electron chi connectivity index (χ2n) is 5.02. The Kier molecular flexibility index (Phi) is 5.05. The van der Waals surface area contributed by atoms with Gasteiger partial charge in [-0.2, -0.15) is 0 Å². The van der Waals surface area contributed by atoms with E-state index in [0.717, 1.165) is 44.0 Å². The van der Waals surface area contributed by atoms with Crippen LogP contribution < -0.4 is 9.64 Å². The van der Waals surface area contributed by atoms with Crippen molar-refractivity contribution in [1.82, 2.24) is 4.90 Å². The average molecular weight is 264 g/mol. The maximum absolute atomic E-state index is 8.94. The molecule has 0 bridgehead atoms. The van der Waals surface area contributed by atoms with Crippen molar-refractivity contribution >= 4 is 5.69 Å². The molecule has 1 aliphatic rings. The number of aliphatic hydroxyl groups excluding tert-OH is 1. The molecule has 1 heterocycles. The molecule has 0 aliphatic carbocycles. The maximum atomic E-state index is 8.94. The van der Waals surface area contributed by atoms with Crippen LogP contribution in [0.25, 0.3) is 0 Å². The normalized spacial score (nSPS) is 16.7. The van der Waals surface area contributed by atoms with Crippen LogP contribution in [0.3, 0.4) is 0 Å². The van der Waals surface area contributed by atoms with Gasteiger partial charge >= 0.3 is 0 Å². The topological polar surface area (TPSA) is 35.9 Å². The van der Waals surface area contributed by atoms with E-state index >= 15 is 0 Å². The number of ether oxygens (including phenoxy) is 1. The number of hydrogen-bond donors (Lipinski definition) is 1. The maximum Gasteiger partial charge on any atom is 0.142 e. The number of anilines is 1. The highest BCUT2D eigenvalue weighted by atomic mass is 16.5. The monoisotopic (exact) mass is 264 g/mol. The first-order chi connectivity index (χ1) is 9.24. The number of likely N-dealkylation sites (N-methyl/N-ethyl adjacent to an activating group) is 1. The van der Waals surface area contributed by atoms with E-state index in [2.05, 4.69) is 42.0 Å². The van der Waals surface area contributed by atoms with Crippen LogP contribution in [0.5, 0.6) is 5.75 Å². The fourth-order valence-corrected chi connectivity index (χ4v) is 2.36. The van der Waals surface area contributed by atoms with Crippen LogP contribution in [-0.4, -0.2) is 56.4 Å². The lowest BCUT2D eigenvalue weighted by molar-refractivity contribution is 0.201. The lowest BCUT2D eigenvalue weighted by Crippen LogP contribution is -2.44. The molecule has 1 fully saturated rings. The summed E-state index contributed by atoms with van der Waals surface area (Å²) < 4.78 is 5.70. The highest BCUT2D eigenvalue weighted by Crippen LogP contribution is 2.30.